The van der Waals surface area contributed by atoms with Crippen LogP contribution in [0.3, 0.4) is 0 Å². The molecule has 0 amide bonds. The molecule has 0 spiro atoms. The van der Waals surface area contributed by atoms with E-state index in [1.54, 1.807) is 17.5 Å². The van der Waals surface area contributed by atoms with Crippen molar-refractivity contribution in [2.75, 3.05) is 39.9 Å². The first-order valence-electron chi connectivity index (χ1n) is 8.68. The van der Waals surface area contributed by atoms with Gasteiger partial charge in [-0.1, -0.05) is 6.42 Å². The Labute approximate surface area is 177 Å². The molecular formula is C16H29IN4O3S2. The van der Waals surface area contributed by atoms with Crippen LogP contribution in [0.25, 0.3) is 0 Å². The van der Waals surface area contributed by atoms with Gasteiger partial charge in [0.1, 0.15) is 4.21 Å². The van der Waals surface area contributed by atoms with Crippen LogP contribution in [-0.2, 0) is 21.3 Å². The van der Waals surface area contributed by atoms with E-state index in [2.05, 4.69) is 15.6 Å². The smallest absolute Gasteiger partial charge is 0.252 e. The third-order valence-electron chi connectivity index (χ3n) is 3.88. The van der Waals surface area contributed by atoms with Crippen LogP contribution in [0.4, 0.5) is 0 Å². The number of guanidine groups is 1. The van der Waals surface area contributed by atoms with E-state index in [0.717, 1.165) is 30.7 Å². The van der Waals surface area contributed by atoms with Crippen molar-refractivity contribution < 1.29 is 13.2 Å². The Balaban J connectivity index is 0.00000338. The van der Waals surface area contributed by atoms with Crippen molar-refractivity contribution in [3.63, 3.8) is 0 Å². The summed E-state index contributed by atoms with van der Waals surface area (Å²) < 4.78 is 32.4. The average molecular weight is 516 g/mol. The van der Waals surface area contributed by atoms with Gasteiger partial charge in [0.2, 0.25) is 0 Å². The van der Waals surface area contributed by atoms with Crippen LogP contribution in [0.2, 0.25) is 0 Å². The van der Waals surface area contributed by atoms with Crippen LogP contribution in [-0.4, -0.2) is 58.6 Å². The zero-order valence-electron chi connectivity index (χ0n) is 15.4. The summed E-state index contributed by atoms with van der Waals surface area (Å²) in [5, 5.41) is 6.33. The minimum atomic E-state index is -3.35. The second-order valence-electron chi connectivity index (χ2n) is 5.80. The van der Waals surface area contributed by atoms with Gasteiger partial charge in [0.05, 0.1) is 13.2 Å². The van der Waals surface area contributed by atoms with Crippen molar-refractivity contribution in [3.05, 3.63) is 17.0 Å². The molecule has 10 heteroatoms. The molecular weight excluding hydrogens is 487 g/mol. The number of hydrogen-bond acceptors (Lipinski definition) is 5. The first-order valence-corrected chi connectivity index (χ1v) is 10.9. The third kappa shape index (κ3) is 6.95. The third-order valence-corrected chi connectivity index (χ3v) is 7.32. The second-order valence-corrected chi connectivity index (χ2v) is 9.13. The van der Waals surface area contributed by atoms with Crippen LogP contribution < -0.4 is 10.6 Å². The quantitative estimate of drug-likeness (QED) is 0.240. The highest BCUT2D eigenvalue weighted by molar-refractivity contribution is 14.0. The summed E-state index contributed by atoms with van der Waals surface area (Å²) in [4.78, 5) is 5.43. The molecule has 0 aliphatic carbocycles. The molecule has 0 aromatic carbocycles. The van der Waals surface area contributed by atoms with Crippen LogP contribution in [0, 0.1) is 0 Å². The fraction of sp³-hybridized carbons (Fsp3) is 0.688. The Bertz CT molecular complexity index is 658. The maximum Gasteiger partial charge on any atom is 0.252 e. The number of thiophene rings is 1. The molecule has 2 heterocycles. The molecule has 0 saturated carbocycles. The molecule has 0 atom stereocenters. The number of piperidine rings is 1. The number of ether oxygens (including phenoxy) is 1. The number of rotatable bonds is 8. The molecule has 2 rings (SSSR count). The maximum atomic E-state index is 12.7. The van der Waals surface area contributed by atoms with Gasteiger partial charge in [-0.05, 0) is 31.9 Å². The fourth-order valence-electron chi connectivity index (χ4n) is 2.58. The highest BCUT2D eigenvalue weighted by Gasteiger charge is 2.27. The Kier molecular flexibility index (Phi) is 11.0. The Morgan fingerprint density at radius 3 is 2.65 bits per heavy atom. The van der Waals surface area contributed by atoms with E-state index in [4.69, 9.17) is 4.74 Å². The van der Waals surface area contributed by atoms with E-state index in [-0.39, 0.29) is 24.0 Å². The van der Waals surface area contributed by atoms with E-state index in [9.17, 15) is 8.42 Å². The monoisotopic (exact) mass is 516 g/mol. The van der Waals surface area contributed by atoms with Crippen molar-refractivity contribution in [1.29, 1.82) is 0 Å². The zero-order valence-corrected chi connectivity index (χ0v) is 19.3. The normalized spacial score (nSPS) is 16.2. The second kappa shape index (κ2) is 12.1. The van der Waals surface area contributed by atoms with Gasteiger partial charge in [0, 0.05) is 38.2 Å². The first-order chi connectivity index (χ1) is 12.1. The van der Waals surface area contributed by atoms with Crippen molar-refractivity contribution in [3.8, 4) is 0 Å². The molecule has 0 radical (unpaired) electrons. The van der Waals surface area contributed by atoms with Gasteiger partial charge < -0.3 is 15.4 Å². The molecule has 1 aliphatic rings. The number of nitrogens with one attached hydrogen (secondary N) is 2. The van der Waals surface area contributed by atoms with E-state index in [1.165, 1.54) is 11.3 Å². The molecule has 1 aromatic heterocycles. The van der Waals surface area contributed by atoms with Gasteiger partial charge in [-0.3, -0.25) is 0 Å². The van der Waals surface area contributed by atoms with Crippen LogP contribution in [0.5, 0.6) is 0 Å². The SMILES string of the molecule is CCNC(=NCc1ccc(S(=O)(=O)N2CCCCC2)s1)NCCOC.I. The van der Waals surface area contributed by atoms with Crippen molar-refractivity contribution in [2.45, 2.75) is 36.9 Å². The largest absolute Gasteiger partial charge is 0.383 e. The lowest BCUT2D eigenvalue weighted by atomic mass is 10.2. The summed E-state index contributed by atoms with van der Waals surface area (Å²) in [6.45, 7) is 5.73. The lowest BCUT2D eigenvalue weighted by molar-refractivity contribution is 0.203. The number of hydrogen-bond donors (Lipinski definition) is 2. The minimum absolute atomic E-state index is 0. The van der Waals surface area contributed by atoms with Crippen molar-refractivity contribution >= 4 is 51.3 Å². The Morgan fingerprint density at radius 2 is 2.00 bits per heavy atom. The minimum Gasteiger partial charge on any atom is -0.383 e. The lowest BCUT2D eigenvalue weighted by Gasteiger charge is -2.25. The maximum absolute atomic E-state index is 12.7. The van der Waals surface area contributed by atoms with Gasteiger partial charge >= 0.3 is 0 Å². The predicted molar refractivity (Wildman–Crippen MR) is 117 cm³/mol. The molecule has 0 unspecified atom stereocenters. The molecule has 0 bridgehead atoms. The number of aliphatic imine (C=N–C) groups is 1. The summed E-state index contributed by atoms with van der Waals surface area (Å²) in [6.07, 6.45) is 3.00. The number of nitrogens with zero attached hydrogens (tertiary/aromatic N) is 2. The Morgan fingerprint density at radius 1 is 1.27 bits per heavy atom. The highest BCUT2D eigenvalue weighted by Crippen LogP contribution is 2.27. The summed E-state index contributed by atoms with van der Waals surface area (Å²) in [7, 11) is -1.70. The molecule has 1 aromatic rings. The van der Waals surface area contributed by atoms with Crippen LogP contribution >= 0.6 is 35.3 Å². The number of sulfonamides is 1. The molecule has 1 fully saturated rings. The van der Waals surface area contributed by atoms with Crippen LogP contribution in [0.1, 0.15) is 31.1 Å². The lowest BCUT2D eigenvalue weighted by Crippen LogP contribution is -2.38. The van der Waals surface area contributed by atoms with Gasteiger partial charge in [-0.2, -0.15) is 4.31 Å². The zero-order chi connectivity index (χ0) is 18.1. The predicted octanol–water partition coefficient (Wildman–Crippen LogP) is 2.24. The van der Waals surface area contributed by atoms with E-state index in [1.807, 2.05) is 13.0 Å². The molecule has 1 aliphatic heterocycles. The number of halogens is 1. The summed E-state index contributed by atoms with van der Waals surface area (Å²) in [6, 6.07) is 3.55. The molecule has 2 N–H and O–H groups in total. The summed E-state index contributed by atoms with van der Waals surface area (Å²) >= 11 is 1.30. The summed E-state index contributed by atoms with van der Waals surface area (Å²) in [5.41, 5.74) is 0. The molecule has 1 saturated heterocycles. The van der Waals surface area contributed by atoms with Gasteiger partial charge in [-0.25, -0.2) is 13.4 Å². The highest BCUT2D eigenvalue weighted by atomic mass is 127. The van der Waals surface area contributed by atoms with Gasteiger partial charge in [-0.15, -0.1) is 35.3 Å². The standard InChI is InChI=1S/C16H28N4O3S2.HI/c1-3-17-16(18-9-12-23-2)19-13-14-7-8-15(24-14)25(21,22)20-10-5-4-6-11-20;/h7-8H,3-6,9-13H2,1-2H3,(H2,17,18,19);1H. The molecule has 150 valence electrons. The van der Waals surface area contributed by atoms with Gasteiger partial charge in [0.15, 0.2) is 5.96 Å². The van der Waals surface area contributed by atoms with Crippen molar-refractivity contribution in [1.82, 2.24) is 14.9 Å². The van der Waals surface area contributed by atoms with E-state index >= 15 is 0 Å². The molecule has 26 heavy (non-hydrogen) atoms. The van der Waals surface area contributed by atoms with Crippen LogP contribution in [0.15, 0.2) is 21.3 Å². The van der Waals surface area contributed by atoms with E-state index < -0.39 is 10.0 Å². The van der Waals surface area contributed by atoms with E-state index in [0.29, 0.717) is 43.0 Å². The summed E-state index contributed by atoms with van der Waals surface area (Å²) in [5.74, 6) is 0.702. The fourth-order valence-corrected chi connectivity index (χ4v) is 5.54. The molecule has 7 nitrogen and oxygen atoms in total. The average Bonchev–Trinajstić information content (AvgIpc) is 3.10. The van der Waals surface area contributed by atoms with Gasteiger partial charge in [0.25, 0.3) is 10.0 Å². The van der Waals surface area contributed by atoms with Crippen molar-refractivity contribution in [2.24, 2.45) is 4.99 Å². The Hall–Kier alpha value is -0.430. The number of methoxy groups -OCH3 is 1. The topological polar surface area (TPSA) is 83.0 Å². The first kappa shape index (κ1) is 23.6.